The van der Waals surface area contributed by atoms with Gasteiger partial charge in [0.2, 0.25) is 5.91 Å². The van der Waals surface area contributed by atoms with Gasteiger partial charge in [0.25, 0.3) is 0 Å². The van der Waals surface area contributed by atoms with Crippen LogP contribution in [-0.4, -0.2) is 12.5 Å². The van der Waals surface area contributed by atoms with Crippen LogP contribution >= 0.6 is 11.6 Å². The molecule has 0 aliphatic carbocycles. The molecule has 1 amide bonds. The highest BCUT2D eigenvalue weighted by Gasteiger charge is 2.12. The zero-order chi connectivity index (χ0) is 11.4. The molecular weight excluding hydrogens is 226 g/mol. The third-order valence-corrected chi connectivity index (χ3v) is 1.94. The predicted octanol–water partition coefficient (Wildman–Crippen LogP) is 1.91. The van der Waals surface area contributed by atoms with Gasteiger partial charge in [-0.25, -0.2) is 8.78 Å². The molecule has 0 aliphatic heterocycles. The molecule has 0 spiro atoms. The summed E-state index contributed by atoms with van der Waals surface area (Å²) in [7, 11) is 0. The third kappa shape index (κ3) is 3.14. The average molecular weight is 235 g/mol. The van der Waals surface area contributed by atoms with Gasteiger partial charge >= 0.3 is 0 Å². The number of nitrogens with one attached hydrogen (secondary N) is 1. The summed E-state index contributed by atoms with van der Waals surface area (Å²) in [4.78, 5) is 11.1. The first-order chi connectivity index (χ1) is 7.04. The number of hydrogen-bond donors (Lipinski definition) is 2. The number of carbonyl (C=O) groups excluding carboxylic acids is 1. The van der Waals surface area contributed by atoms with Gasteiger partial charge in [-0.1, -0.05) is 11.6 Å². The lowest BCUT2D eigenvalue weighted by Crippen LogP contribution is -2.17. The molecule has 15 heavy (non-hydrogen) atoms. The monoisotopic (exact) mass is 234 g/mol. The van der Waals surface area contributed by atoms with Crippen molar-refractivity contribution in [3.8, 4) is 0 Å². The van der Waals surface area contributed by atoms with E-state index in [1.807, 2.05) is 0 Å². The van der Waals surface area contributed by atoms with Gasteiger partial charge in [-0.15, -0.1) is 0 Å². The molecule has 1 rings (SSSR count). The molecule has 0 bridgehead atoms. The van der Waals surface area contributed by atoms with E-state index in [4.69, 9.17) is 17.3 Å². The van der Waals surface area contributed by atoms with Gasteiger partial charge in [-0.05, 0) is 6.07 Å². The van der Waals surface area contributed by atoms with Gasteiger partial charge < -0.3 is 11.1 Å². The third-order valence-electron chi connectivity index (χ3n) is 1.64. The SMILES string of the molecule is NCCC(=O)Nc1c(F)cc(F)cc1Cl. The number of anilines is 1. The van der Waals surface area contributed by atoms with E-state index in [0.717, 1.165) is 6.07 Å². The lowest BCUT2D eigenvalue weighted by molar-refractivity contribution is -0.116. The highest BCUT2D eigenvalue weighted by molar-refractivity contribution is 6.33. The average Bonchev–Trinajstić information content (AvgIpc) is 2.11. The van der Waals surface area contributed by atoms with E-state index in [0.29, 0.717) is 6.07 Å². The van der Waals surface area contributed by atoms with Crippen LogP contribution in [0.3, 0.4) is 0 Å². The largest absolute Gasteiger partial charge is 0.330 e. The van der Waals surface area contributed by atoms with Crippen molar-refractivity contribution in [1.82, 2.24) is 0 Å². The fourth-order valence-electron chi connectivity index (χ4n) is 0.995. The Morgan fingerprint density at radius 3 is 2.67 bits per heavy atom. The summed E-state index contributed by atoms with van der Waals surface area (Å²) in [6.45, 7) is 0.145. The molecule has 0 aliphatic rings. The number of nitrogens with two attached hydrogens (primary N) is 1. The molecule has 1 aromatic rings. The maximum Gasteiger partial charge on any atom is 0.225 e. The summed E-state index contributed by atoms with van der Waals surface area (Å²) in [5, 5.41) is 2.03. The highest BCUT2D eigenvalue weighted by atomic mass is 35.5. The molecule has 1 aromatic carbocycles. The lowest BCUT2D eigenvalue weighted by atomic mass is 10.2. The fraction of sp³-hybridized carbons (Fsp3) is 0.222. The van der Waals surface area contributed by atoms with Crippen molar-refractivity contribution >= 4 is 23.2 Å². The summed E-state index contributed by atoms with van der Waals surface area (Å²) >= 11 is 5.55. The first-order valence-corrected chi connectivity index (χ1v) is 4.57. The molecule has 0 heterocycles. The Kier molecular flexibility index (Phi) is 3.99. The summed E-state index contributed by atoms with van der Waals surface area (Å²) < 4.78 is 25.8. The second-order valence-corrected chi connectivity index (χ2v) is 3.24. The van der Waals surface area contributed by atoms with E-state index < -0.39 is 17.5 Å². The highest BCUT2D eigenvalue weighted by Crippen LogP contribution is 2.26. The number of carbonyl (C=O) groups is 1. The van der Waals surface area contributed by atoms with Crippen LogP contribution in [0.2, 0.25) is 5.02 Å². The number of hydrogen-bond acceptors (Lipinski definition) is 2. The molecule has 0 saturated heterocycles. The minimum atomic E-state index is -0.912. The van der Waals surface area contributed by atoms with Crippen LogP contribution in [0.15, 0.2) is 12.1 Å². The molecule has 3 nitrogen and oxygen atoms in total. The van der Waals surface area contributed by atoms with E-state index in [1.165, 1.54) is 0 Å². The van der Waals surface area contributed by atoms with Gasteiger partial charge in [0.1, 0.15) is 5.82 Å². The molecule has 6 heteroatoms. The molecule has 0 unspecified atom stereocenters. The van der Waals surface area contributed by atoms with E-state index in [2.05, 4.69) is 5.32 Å². The van der Waals surface area contributed by atoms with Crippen LogP contribution in [-0.2, 0) is 4.79 Å². The van der Waals surface area contributed by atoms with Crippen molar-refractivity contribution in [2.45, 2.75) is 6.42 Å². The molecule has 0 aromatic heterocycles. The molecular formula is C9H9ClF2N2O. The van der Waals surface area contributed by atoms with Crippen molar-refractivity contribution in [2.75, 3.05) is 11.9 Å². The first kappa shape index (κ1) is 11.9. The zero-order valence-corrected chi connectivity index (χ0v) is 8.44. The predicted molar refractivity (Wildman–Crippen MR) is 53.7 cm³/mol. The van der Waals surface area contributed by atoms with Gasteiger partial charge in [0.05, 0.1) is 10.7 Å². The standard InChI is InChI=1S/C9H9ClF2N2O/c10-6-3-5(11)4-7(12)9(6)14-8(15)1-2-13/h3-4H,1-2,13H2,(H,14,15). The van der Waals surface area contributed by atoms with E-state index >= 15 is 0 Å². The maximum atomic E-state index is 13.1. The fourth-order valence-corrected chi connectivity index (χ4v) is 1.24. The summed E-state index contributed by atoms with van der Waals surface area (Å²) in [6.07, 6.45) is 0.0488. The minimum absolute atomic E-state index is 0.0488. The number of amides is 1. The Morgan fingerprint density at radius 2 is 2.13 bits per heavy atom. The zero-order valence-electron chi connectivity index (χ0n) is 7.69. The van der Waals surface area contributed by atoms with E-state index in [1.54, 1.807) is 0 Å². The molecule has 0 fully saturated rings. The van der Waals surface area contributed by atoms with Gasteiger partial charge in [-0.2, -0.15) is 0 Å². The molecule has 0 atom stereocenters. The van der Waals surface area contributed by atoms with Crippen LogP contribution in [0.4, 0.5) is 14.5 Å². The molecule has 0 saturated carbocycles. The number of benzene rings is 1. The quantitative estimate of drug-likeness (QED) is 0.839. The van der Waals surface area contributed by atoms with Gasteiger partial charge in [0.15, 0.2) is 5.82 Å². The minimum Gasteiger partial charge on any atom is -0.330 e. The number of rotatable bonds is 3. The topological polar surface area (TPSA) is 55.1 Å². The van der Waals surface area contributed by atoms with Crippen molar-refractivity contribution in [2.24, 2.45) is 5.73 Å². The van der Waals surface area contributed by atoms with Gasteiger partial charge in [0, 0.05) is 19.0 Å². The van der Waals surface area contributed by atoms with Crippen LogP contribution in [0.25, 0.3) is 0 Å². The molecule has 82 valence electrons. The smallest absolute Gasteiger partial charge is 0.225 e. The summed E-state index contributed by atoms with van der Waals surface area (Å²) in [6, 6.07) is 1.56. The van der Waals surface area contributed by atoms with Crippen molar-refractivity contribution in [3.05, 3.63) is 28.8 Å². The van der Waals surface area contributed by atoms with E-state index in [9.17, 15) is 13.6 Å². The summed E-state index contributed by atoms with van der Waals surface area (Å²) in [5.41, 5.74) is 4.91. The van der Waals surface area contributed by atoms with Gasteiger partial charge in [-0.3, -0.25) is 4.79 Å². The summed E-state index contributed by atoms with van der Waals surface area (Å²) in [5.74, 6) is -2.18. The van der Waals surface area contributed by atoms with Crippen LogP contribution in [0, 0.1) is 11.6 Å². The Labute approximate surface area is 90.2 Å². The Balaban J connectivity index is 2.90. The molecule has 0 radical (unpaired) electrons. The Morgan fingerprint density at radius 1 is 1.47 bits per heavy atom. The number of halogens is 3. The van der Waals surface area contributed by atoms with E-state index in [-0.39, 0.29) is 23.7 Å². The Hall–Kier alpha value is -1.20. The van der Waals surface area contributed by atoms with Crippen LogP contribution in [0.5, 0.6) is 0 Å². The van der Waals surface area contributed by atoms with Crippen molar-refractivity contribution in [3.63, 3.8) is 0 Å². The molecule has 3 N–H and O–H groups in total. The van der Waals surface area contributed by atoms with Crippen molar-refractivity contribution < 1.29 is 13.6 Å². The first-order valence-electron chi connectivity index (χ1n) is 4.19. The van der Waals surface area contributed by atoms with Crippen LogP contribution in [0.1, 0.15) is 6.42 Å². The normalized spacial score (nSPS) is 10.1. The van der Waals surface area contributed by atoms with Crippen LogP contribution < -0.4 is 11.1 Å². The Bertz CT molecular complexity index is 361. The second kappa shape index (κ2) is 5.04. The van der Waals surface area contributed by atoms with Crippen molar-refractivity contribution in [1.29, 1.82) is 0 Å². The lowest BCUT2D eigenvalue weighted by Gasteiger charge is -2.07. The maximum absolute atomic E-state index is 13.1. The second-order valence-electron chi connectivity index (χ2n) is 2.83.